The van der Waals surface area contributed by atoms with E-state index in [1.54, 1.807) is 6.07 Å². The van der Waals surface area contributed by atoms with Gasteiger partial charge in [0.2, 0.25) is 5.28 Å². The molecule has 2 rings (SSSR count). The molecule has 0 radical (unpaired) electrons. The van der Waals surface area contributed by atoms with Crippen molar-refractivity contribution in [3.63, 3.8) is 0 Å². The molecule has 6 heteroatoms. The maximum absolute atomic E-state index is 11.9. The molecule has 1 aromatic rings. The highest BCUT2D eigenvalue weighted by Crippen LogP contribution is 2.11. The standard InChI is InChI=1S/C9H12ClN3OS/c10-9-12-5-3-8(13-9)15(14)6-7-2-1-4-11-7/h3,5,7,11H,1-2,4,6H2/t7-,15+/m0/s1. The minimum atomic E-state index is -1.08. The largest absolute Gasteiger partial charge is 0.313 e. The molecule has 1 fully saturated rings. The van der Waals surface area contributed by atoms with E-state index in [0.29, 0.717) is 16.8 Å². The molecule has 0 unspecified atom stereocenters. The van der Waals surface area contributed by atoms with Gasteiger partial charge in [0, 0.05) is 18.0 Å². The van der Waals surface area contributed by atoms with E-state index in [1.807, 2.05) is 0 Å². The van der Waals surface area contributed by atoms with Crippen molar-refractivity contribution < 1.29 is 4.21 Å². The third-order valence-corrected chi connectivity index (χ3v) is 3.93. The number of aromatic nitrogens is 2. The van der Waals surface area contributed by atoms with Gasteiger partial charge in [0.1, 0.15) is 5.03 Å². The van der Waals surface area contributed by atoms with Gasteiger partial charge in [-0.3, -0.25) is 4.21 Å². The Balaban J connectivity index is 2.01. The average molecular weight is 246 g/mol. The van der Waals surface area contributed by atoms with Crippen LogP contribution in [0.1, 0.15) is 12.8 Å². The number of halogens is 1. The fourth-order valence-electron chi connectivity index (χ4n) is 1.61. The van der Waals surface area contributed by atoms with E-state index in [1.165, 1.54) is 6.20 Å². The number of hydrogen-bond donors (Lipinski definition) is 1. The molecule has 1 aliphatic heterocycles. The van der Waals surface area contributed by atoms with Gasteiger partial charge in [-0.05, 0) is 37.1 Å². The quantitative estimate of drug-likeness (QED) is 0.638. The zero-order chi connectivity index (χ0) is 10.7. The van der Waals surface area contributed by atoms with Crippen LogP contribution in [0.5, 0.6) is 0 Å². The number of nitrogens with zero attached hydrogens (tertiary/aromatic N) is 2. The smallest absolute Gasteiger partial charge is 0.223 e. The fourth-order valence-corrected chi connectivity index (χ4v) is 3.03. The third kappa shape index (κ3) is 2.96. The molecule has 82 valence electrons. The Morgan fingerprint density at radius 2 is 2.53 bits per heavy atom. The van der Waals surface area contributed by atoms with E-state index in [0.717, 1.165) is 19.4 Å². The Labute approximate surface area is 95.9 Å². The summed E-state index contributed by atoms with van der Waals surface area (Å²) in [5.74, 6) is 0.605. The maximum atomic E-state index is 11.9. The Morgan fingerprint density at radius 1 is 1.67 bits per heavy atom. The first kappa shape index (κ1) is 11.0. The first-order valence-electron chi connectivity index (χ1n) is 4.86. The maximum Gasteiger partial charge on any atom is 0.223 e. The molecule has 1 aromatic heterocycles. The topological polar surface area (TPSA) is 54.9 Å². The molecule has 1 N–H and O–H groups in total. The molecule has 0 aliphatic carbocycles. The van der Waals surface area contributed by atoms with Crippen LogP contribution >= 0.6 is 11.6 Å². The summed E-state index contributed by atoms with van der Waals surface area (Å²) in [6.45, 7) is 1.02. The first-order valence-corrected chi connectivity index (χ1v) is 6.56. The molecule has 1 saturated heterocycles. The van der Waals surface area contributed by atoms with Crippen molar-refractivity contribution in [2.45, 2.75) is 23.9 Å². The molecule has 0 aromatic carbocycles. The van der Waals surface area contributed by atoms with Crippen molar-refractivity contribution in [1.82, 2.24) is 15.3 Å². The zero-order valence-electron chi connectivity index (χ0n) is 8.15. The van der Waals surface area contributed by atoms with Crippen molar-refractivity contribution in [2.75, 3.05) is 12.3 Å². The molecule has 0 bridgehead atoms. The Hall–Kier alpha value is -0.520. The van der Waals surface area contributed by atoms with Crippen LogP contribution in [-0.2, 0) is 10.8 Å². The Bertz CT molecular complexity index is 368. The van der Waals surface area contributed by atoms with Gasteiger partial charge in [-0.1, -0.05) is 0 Å². The van der Waals surface area contributed by atoms with E-state index < -0.39 is 10.8 Å². The summed E-state index contributed by atoms with van der Waals surface area (Å²) in [6.07, 6.45) is 3.78. The van der Waals surface area contributed by atoms with Crippen LogP contribution in [0.3, 0.4) is 0 Å². The summed E-state index contributed by atoms with van der Waals surface area (Å²) >= 11 is 5.63. The Kier molecular flexibility index (Phi) is 3.66. The molecular formula is C9H12ClN3OS. The molecule has 2 atom stereocenters. The average Bonchev–Trinajstić information content (AvgIpc) is 2.70. The second kappa shape index (κ2) is 5.01. The molecule has 2 heterocycles. The van der Waals surface area contributed by atoms with Crippen molar-refractivity contribution >= 4 is 22.4 Å². The summed E-state index contributed by atoms with van der Waals surface area (Å²) in [4.78, 5) is 7.70. The molecule has 1 aliphatic rings. The molecule has 0 saturated carbocycles. The van der Waals surface area contributed by atoms with E-state index in [9.17, 15) is 4.21 Å². The van der Waals surface area contributed by atoms with Crippen molar-refractivity contribution in [2.24, 2.45) is 0 Å². The van der Waals surface area contributed by atoms with Crippen LogP contribution in [-0.4, -0.2) is 32.5 Å². The molecular weight excluding hydrogens is 234 g/mol. The lowest BCUT2D eigenvalue weighted by Crippen LogP contribution is -2.27. The van der Waals surface area contributed by atoms with Crippen molar-refractivity contribution in [3.05, 3.63) is 17.5 Å². The summed E-state index contributed by atoms with van der Waals surface area (Å²) in [5.41, 5.74) is 0. The van der Waals surface area contributed by atoms with Gasteiger partial charge in [-0.2, -0.15) is 0 Å². The Morgan fingerprint density at radius 3 is 3.20 bits per heavy atom. The minimum Gasteiger partial charge on any atom is -0.313 e. The summed E-state index contributed by atoms with van der Waals surface area (Å²) in [7, 11) is -1.08. The van der Waals surface area contributed by atoms with Crippen LogP contribution in [0.15, 0.2) is 17.3 Å². The SMILES string of the molecule is O=[S@](C[C@@H]1CCCN1)c1ccnc(Cl)n1. The number of hydrogen-bond acceptors (Lipinski definition) is 4. The van der Waals surface area contributed by atoms with Gasteiger partial charge >= 0.3 is 0 Å². The second-order valence-corrected chi connectivity index (χ2v) is 5.25. The highest BCUT2D eigenvalue weighted by atomic mass is 35.5. The van der Waals surface area contributed by atoms with Crippen LogP contribution in [0.25, 0.3) is 0 Å². The lowest BCUT2D eigenvalue weighted by molar-refractivity contribution is 0.641. The highest BCUT2D eigenvalue weighted by molar-refractivity contribution is 7.85. The number of nitrogens with one attached hydrogen (secondary N) is 1. The van der Waals surface area contributed by atoms with Gasteiger partial charge in [-0.25, -0.2) is 9.97 Å². The van der Waals surface area contributed by atoms with Gasteiger partial charge in [-0.15, -0.1) is 0 Å². The normalized spacial score (nSPS) is 22.9. The molecule has 4 nitrogen and oxygen atoms in total. The lowest BCUT2D eigenvalue weighted by Gasteiger charge is -2.08. The monoisotopic (exact) mass is 245 g/mol. The van der Waals surface area contributed by atoms with E-state index >= 15 is 0 Å². The first-order chi connectivity index (χ1) is 7.25. The fraction of sp³-hybridized carbons (Fsp3) is 0.556. The van der Waals surface area contributed by atoms with Gasteiger partial charge in [0.05, 0.1) is 10.8 Å². The second-order valence-electron chi connectivity index (χ2n) is 3.47. The van der Waals surface area contributed by atoms with Crippen LogP contribution in [0, 0.1) is 0 Å². The van der Waals surface area contributed by atoms with E-state index in [-0.39, 0.29) is 5.28 Å². The summed E-state index contributed by atoms with van der Waals surface area (Å²) < 4.78 is 11.9. The molecule has 15 heavy (non-hydrogen) atoms. The molecule has 0 spiro atoms. The van der Waals surface area contributed by atoms with Gasteiger partial charge in [0.25, 0.3) is 0 Å². The van der Waals surface area contributed by atoms with Crippen molar-refractivity contribution in [1.29, 1.82) is 0 Å². The third-order valence-electron chi connectivity index (χ3n) is 2.35. The molecule has 0 amide bonds. The predicted molar refractivity (Wildman–Crippen MR) is 59.3 cm³/mol. The highest BCUT2D eigenvalue weighted by Gasteiger charge is 2.18. The predicted octanol–water partition coefficient (Wildman–Crippen LogP) is 0.990. The minimum absolute atomic E-state index is 0.153. The summed E-state index contributed by atoms with van der Waals surface area (Å²) in [6, 6.07) is 2.00. The lowest BCUT2D eigenvalue weighted by atomic mass is 10.3. The van der Waals surface area contributed by atoms with Gasteiger partial charge in [0.15, 0.2) is 0 Å². The van der Waals surface area contributed by atoms with E-state index in [2.05, 4.69) is 15.3 Å². The van der Waals surface area contributed by atoms with Crippen LogP contribution < -0.4 is 5.32 Å². The van der Waals surface area contributed by atoms with Gasteiger partial charge < -0.3 is 5.32 Å². The zero-order valence-corrected chi connectivity index (χ0v) is 9.72. The number of rotatable bonds is 3. The van der Waals surface area contributed by atoms with E-state index in [4.69, 9.17) is 11.6 Å². The van der Waals surface area contributed by atoms with Crippen molar-refractivity contribution in [3.8, 4) is 0 Å². The van der Waals surface area contributed by atoms with Crippen LogP contribution in [0.4, 0.5) is 0 Å². The summed E-state index contributed by atoms with van der Waals surface area (Å²) in [5, 5.41) is 3.97. The van der Waals surface area contributed by atoms with Crippen LogP contribution in [0.2, 0.25) is 5.28 Å².